The zero-order valence-corrected chi connectivity index (χ0v) is 19.6. The lowest BCUT2D eigenvalue weighted by atomic mass is 10.1. The van der Waals surface area contributed by atoms with E-state index in [1.165, 1.54) is 0 Å². The lowest BCUT2D eigenvalue weighted by Gasteiger charge is -2.26. The number of benzene rings is 1. The molecule has 1 heterocycles. The average molecular weight is 460 g/mol. The normalized spacial score (nSPS) is 17.0. The van der Waals surface area contributed by atoms with Crippen LogP contribution in [0.1, 0.15) is 49.8 Å². The number of carbonyl (C=O) groups excluding carboxylic acids is 1. The van der Waals surface area contributed by atoms with E-state index in [9.17, 15) is 13.2 Å². The van der Waals surface area contributed by atoms with Gasteiger partial charge in [-0.3, -0.25) is 4.79 Å². The van der Waals surface area contributed by atoms with Crippen molar-refractivity contribution in [2.24, 2.45) is 11.8 Å². The summed E-state index contributed by atoms with van der Waals surface area (Å²) in [5.74, 6) is 0.773. The van der Waals surface area contributed by atoms with Gasteiger partial charge < -0.3 is 14.2 Å². The van der Waals surface area contributed by atoms with Crippen LogP contribution in [0.5, 0.6) is 0 Å². The Morgan fingerprint density at radius 1 is 1.16 bits per heavy atom. The minimum atomic E-state index is -3.64. The molecule has 4 rings (SSSR count). The number of hydrogen-bond donors (Lipinski definition) is 0. The second-order valence-corrected chi connectivity index (χ2v) is 10.9. The van der Waals surface area contributed by atoms with Crippen molar-refractivity contribution in [2.75, 3.05) is 20.3 Å². The summed E-state index contributed by atoms with van der Waals surface area (Å²) < 4.78 is 33.4. The van der Waals surface area contributed by atoms with Gasteiger partial charge in [-0.05, 0) is 37.2 Å². The molecule has 0 aliphatic heterocycles. The SMILES string of the molecule is COCCn1c(CN(CC2CC2)C(=O)C2CCCC2)cnc1S(=O)(=O)Cc1ccccc1. The molecule has 2 aliphatic carbocycles. The second-order valence-electron chi connectivity index (χ2n) is 9.06. The molecule has 1 aromatic carbocycles. The minimum absolute atomic E-state index is 0.0492. The van der Waals surface area contributed by atoms with Crippen molar-refractivity contribution >= 4 is 15.7 Å². The lowest BCUT2D eigenvalue weighted by Crippen LogP contribution is -2.37. The van der Waals surface area contributed by atoms with Crippen LogP contribution in [0.15, 0.2) is 41.7 Å². The first-order chi connectivity index (χ1) is 15.5. The largest absolute Gasteiger partial charge is 0.383 e. The average Bonchev–Trinajstić information content (AvgIpc) is 3.25. The van der Waals surface area contributed by atoms with Crippen LogP contribution in [0.25, 0.3) is 0 Å². The molecule has 2 aliphatic rings. The molecule has 0 unspecified atom stereocenters. The van der Waals surface area contributed by atoms with Crippen molar-refractivity contribution in [3.05, 3.63) is 47.8 Å². The summed E-state index contributed by atoms with van der Waals surface area (Å²) in [6, 6.07) is 9.14. The van der Waals surface area contributed by atoms with Crippen molar-refractivity contribution in [3.63, 3.8) is 0 Å². The van der Waals surface area contributed by atoms with E-state index in [0.717, 1.165) is 56.3 Å². The van der Waals surface area contributed by atoms with E-state index in [1.807, 2.05) is 23.1 Å². The zero-order chi connectivity index (χ0) is 22.6. The predicted molar refractivity (Wildman–Crippen MR) is 122 cm³/mol. The van der Waals surface area contributed by atoms with Crippen LogP contribution in [0.4, 0.5) is 0 Å². The molecule has 0 bridgehead atoms. The van der Waals surface area contributed by atoms with E-state index in [0.29, 0.717) is 25.6 Å². The molecule has 2 aromatic rings. The van der Waals surface area contributed by atoms with Gasteiger partial charge in [0.2, 0.25) is 20.9 Å². The fourth-order valence-corrected chi connectivity index (χ4v) is 6.04. The molecular weight excluding hydrogens is 426 g/mol. The molecule has 0 radical (unpaired) electrons. The molecule has 0 saturated heterocycles. The lowest BCUT2D eigenvalue weighted by molar-refractivity contribution is -0.136. The van der Waals surface area contributed by atoms with Crippen LogP contribution in [0.2, 0.25) is 0 Å². The Morgan fingerprint density at radius 2 is 1.88 bits per heavy atom. The van der Waals surface area contributed by atoms with Gasteiger partial charge in [0.25, 0.3) is 0 Å². The summed E-state index contributed by atoms with van der Waals surface area (Å²) >= 11 is 0. The number of sulfone groups is 1. The van der Waals surface area contributed by atoms with E-state index in [2.05, 4.69) is 4.98 Å². The molecule has 1 aromatic heterocycles. The van der Waals surface area contributed by atoms with E-state index < -0.39 is 9.84 Å². The Labute approximate surface area is 190 Å². The maximum atomic E-state index is 13.2. The van der Waals surface area contributed by atoms with Crippen LogP contribution in [0, 0.1) is 11.8 Å². The summed E-state index contributed by atoms with van der Waals surface area (Å²) in [6.07, 6.45) is 8.08. The smallest absolute Gasteiger partial charge is 0.228 e. The van der Waals surface area contributed by atoms with Gasteiger partial charge in [0, 0.05) is 26.1 Å². The standard InChI is InChI=1S/C24H33N3O4S/c1-31-14-13-27-22(15-25-24(27)32(29,30)18-20-7-3-2-4-8-20)17-26(16-19-11-12-19)23(28)21-9-5-6-10-21/h2-4,7-8,15,19,21H,5-6,9-14,16-18H2,1H3. The number of hydrogen-bond acceptors (Lipinski definition) is 5. The van der Waals surface area contributed by atoms with Crippen molar-refractivity contribution in [2.45, 2.75) is 62.5 Å². The monoisotopic (exact) mass is 459 g/mol. The van der Waals surface area contributed by atoms with Gasteiger partial charge in [0.05, 0.1) is 30.8 Å². The highest BCUT2D eigenvalue weighted by atomic mass is 32.2. The first-order valence-electron chi connectivity index (χ1n) is 11.6. The Hall–Kier alpha value is -2.19. The van der Waals surface area contributed by atoms with Gasteiger partial charge in [0.1, 0.15) is 0 Å². The fraction of sp³-hybridized carbons (Fsp3) is 0.583. The number of nitrogens with zero attached hydrogens (tertiary/aromatic N) is 3. The Bertz CT molecular complexity index is 1010. The van der Waals surface area contributed by atoms with Gasteiger partial charge in [-0.25, -0.2) is 13.4 Å². The summed E-state index contributed by atoms with van der Waals surface area (Å²) in [5, 5.41) is 0.0492. The van der Waals surface area contributed by atoms with Gasteiger partial charge in [-0.2, -0.15) is 0 Å². The number of ether oxygens (including phenoxy) is 1. The highest BCUT2D eigenvalue weighted by Crippen LogP contribution is 2.33. The number of amides is 1. The molecule has 1 amide bonds. The van der Waals surface area contributed by atoms with Gasteiger partial charge in [-0.1, -0.05) is 43.2 Å². The molecule has 7 nitrogen and oxygen atoms in total. The fourth-order valence-electron chi connectivity index (χ4n) is 4.52. The molecular formula is C24H33N3O4S. The highest BCUT2D eigenvalue weighted by molar-refractivity contribution is 7.90. The van der Waals surface area contributed by atoms with Crippen LogP contribution in [-0.4, -0.2) is 49.0 Å². The number of methoxy groups -OCH3 is 1. The molecule has 8 heteroatoms. The molecule has 32 heavy (non-hydrogen) atoms. The Morgan fingerprint density at radius 3 is 2.53 bits per heavy atom. The van der Waals surface area contributed by atoms with Crippen LogP contribution < -0.4 is 0 Å². The number of aromatic nitrogens is 2. The quantitative estimate of drug-likeness (QED) is 0.514. The number of carbonyl (C=O) groups is 1. The molecule has 0 atom stereocenters. The van der Waals surface area contributed by atoms with Crippen molar-refractivity contribution < 1.29 is 17.9 Å². The zero-order valence-electron chi connectivity index (χ0n) is 18.8. The van der Waals surface area contributed by atoms with E-state index in [4.69, 9.17) is 4.74 Å². The maximum absolute atomic E-state index is 13.2. The third-order valence-electron chi connectivity index (χ3n) is 6.44. The van der Waals surface area contributed by atoms with Gasteiger partial charge >= 0.3 is 0 Å². The summed E-state index contributed by atoms with van der Waals surface area (Å²) in [5.41, 5.74) is 1.47. The van der Waals surface area contributed by atoms with E-state index >= 15 is 0 Å². The molecule has 2 fully saturated rings. The first kappa shape index (κ1) is 23.0. The van der Waals surface area contributed by atoms with Crippen molar-refractivity contribution in [1.29, 1.82) is 0 Å². The Balaban J connectivity index is 1.59. The number of imidazole rings is 1. The molecule has 0 N–H and O–H groups in total. The topological polar surface area (TPSA) is 81.5 Å². The van der Waals surface area contributed by atoms with Gasteiger partial charge in [0.15, 0.2) is 0 Å². The van der Waals surface area contributed by atoms with Crippen molar-refractivity contribution in [1.82, 2.24) is 14.5 Å². The maximum Gasteiger partial charge on any atom is 0.228 e. The van der Waals surface area contributed by atoms with Crippen LogP contribution >= 0.6 is 0 Å². The minimum Gasteiger partial charge on any atom is -0.383 e. The highest BCUT2D eigenvalue weighted by Gasteiger charge is 2.33. The van der Waals surface area contributed by atoms with E-state index in [-0.39, 0.29) is 22.7 Å². The van der Waals surface area contributed by atoms with Crippen LogP contribution in [0.3, 0.4) is 0 Å². The second kappa shape index (κ2) is 10.2. The van der Waals surface area contributed by atoms with Crippen LogP contribution in [-0.2, 0) is 38.2 Å². The first-order valence-corrected chi connectivity index (χ1v) is 13.2. The molecule has 0 spiro atoms. The summed E-state index contributed by atoms with van der Waals surface area (Å²) in [7, 11) is -2.05. The molecule has 174 valence electrons. The predicted octanol–water partition coefficient (Wildman–Crippen LogP) is 3.43. The third kappa shape index (κ3) is 5.59. The third-order valence-corrected chi connectivity index (χ3v) is 8.04. The van der Waals surface area contributed by atoms with Gasteiger partial charge in [-0.15, -0.1) is 0 Å². The van der Waals surface area contributed by atoms with Crippen molar-refractivity contribution in [3.8, 4) is 0 Å². The summed E-state index contributed by atoms with van der Waals surface area (Å²) in [4.78, 5) is 19.5. The van der Waals surface area contributed by atoms with E-state index in [1.54, 1.807) is 30.0 Å². The number of rotatable bonds is 11. The summed E-state index contributed by atoms with van der Waals surface area (Å²) in [6.45, 7) is 1.89. The molecule has 2 saturated carbocycles. The Kier molecular flexibility index (Phi) is 7.30.